The highest BCUT2D eigenvalue weighted by Gasteiger charge is 2.50. The van der Waals surface area contributed by atoms with E-state index >= 15 is 0 Å². The molecular formula is C29H29F2N4O5+. The van der Waals surface area contributed by atoms with Crippen LogP contribution in [0.15, 0.2) is 72.8 Å². The number of hydrogen-bond donors (Lipinski definition) is 1. The number of piperidine rings is 1. The summed E-state index contributed by atoms with van der Waals surface area (Å²) >= 11 is 0. The van der Waals surface area contributed by atoms with Crippen molar-refractivity contribution in [2.24, 2.45) is 0 Å². The Kier molecular flexibility index (Phi) is 7.90. The molecule has 11 heteroatoms. The number of rotatable bonds is 7. The number of amides is 2. The molecule has 2 saturated heterocycles. The maximum Gasteiger partial charge on any atom is 0.407 e. The molecule has 2 aliphatic heterocycles. The van der Waals surface area contributed by atoms with Crippen LogP contribution < -0.4 is 14.4 Å². The van der Waals surface area contributed by atoms with Gasteiger partial charge in [-0.3, -0.25) is 9.69 Å². The molecule has 3 aromatic rings. The van der Waals surface area contributed by atoms with E-state index in [1.54, 1.807) is 12.1 Å². The standard InChI is InChI=1S/C29H28F2N4O5/c30-29(31)20-34(28(37)38)14-13-24(29)33-15-16-35(26(36)17-33)23-11-12-25(39-18-21-7-3-1-4-8-21)32-27(23)40-19-22-9-5-2-6-10-22/h1-12H,13-20H2/p+1. The minimum absolute atomic E-state index is 0.0412. The highest BCUT2D eigenvalue weighted by molar-refractivity contribution is 5.97. The topological polar surface area (TPSA) is 95.2 Å². The molecule has 0 radical (unpaired) electrons. The maximum absolute atomic E-state index is 14.8. The summed E-state index contributed by atoms with van der Waals surface area (Å²) in [6.07, 6.45) is -1.51. The molecule has 0 spiro atoms. The molecule has 0 atom stereocenters. The van der Waals surface area contributed by atoms with Crippen LogP contribution in [0.2, 0.25) is 0 Å². The lowest BCUT2D eigenvalue weighted by atomic mass is 10.0. The number of carbonyl (C=O) groups is 2. The summed E-state index contributed by atoms with van der Waals surface area (Å²) in [5, 5.41) is 9.11. The van der Waals surface area contributed by atoms with Crippen LogP contribution >= 0.6 is 0 Å². The fourth-order valence-corrected chi connectivity index (χ4v) is 4.81. The van der Waals surface area contributed by atoms with Gasteiger partial charge in [0, 0.05) is 12.6 Å². The summed E-state index contributed by atoms with van der Waals surface area (Å²) in [6.45, 7) is -0.417. The average Bonchev–Trinajstić information content (AvgIpc) is 2.95. The van der Waals surface area contributed by atoms with Crippen molar-refractivity contribution < 1.29 is 37.5 Å². The highest BCUT2D eigenvalue weighted by atomic mass is 19.3. The fourth-order valence-electron chi connectivity index (χ4n) is 4.81. The lowest BCUT2D eigenvalue weighted by molar-refractivity contribution is -0.525. The van der Waals surface area contributed by atoms with Crippen molar-refractivity contribution >= 4 is 23.4 Å². The first kappa shape index (κ1) is 27.0. The molecule has 208 valence electrons. The summed E-state index contributed by atoms with van der Waals surface area (Å²) in [6, 6.07) is 22.5. The molecule has 1 aromatic heterocycles. The van der Waals surface area contributed by atoms with Gasteiger partial charge in [-0.25, -0.2) is 9.37 Å². The number of benzene rings is 2. The van der Waals surface area contributed by atoms with Crippen molar-refractivity contribution in [3.05, 3.63) is 83.9 Å². The lowest BCUT2D eigenvalue weighted by Gasteiger charge is -2.32. The number of carbonyl (C=O) groups excluding carboxylic acids is 1. The molecule has 2 aromatic carbocycles. The van der Waals surface area contributed by atoms with Crippen molar-refractivity contribution in [1.82, 2.24) is 9.88 Å². The molecule has 9 nitrogen and oxygen atoms in total. The second kappa shape index (κ2) is 11.7. The van der Waals surface area contributed by atoms with E-state index in [0.717, 1.165) is 11.1 Å². The number of hydrogen-bond acceptors (Lipinski definition) is 5. The van der Waals surface area contributed by atoms with Gasteiger partial charge in [0.25, 0.3) is 5.91 Å². The Morgan fingerprint density at radius 2 is 1.60 bits per heavy atom. The lowest BCUT2D eigenvalue weighted by Crippen LogP contribution is -2.57. The maximum atomic E-state index is 14.8. The molecule has 0 unspecified atom stereocenters. The number of ether oxygens (including phenoxy) is 2. The zero-order valence-corrected chi connectivity index (χ0v) is 21.7. The van der Waals surface area contributed by atoms with Crippen LogP contribution in [-0.4, -0.2) is 75.9 Å². The molecule has 3 heterocycles. The number of anilines is 1. The molecular weight excluding hydrogens is 522 g/mol. The van der Waals surface area contributed by atoms with Crippen molar-refractivity contribution in [3.8, 4) is 11.8 Å². The van der Waals surface area contributed by atoms with Gasteiger partial charge in [-0.2, -0.15) is 13.8 Å². The molecule has 1 N–H and O–H groups in total. The van der Waals surface area contributed by atoms with E-state index in [4.69, 9.17) is 14.6 Å². The predicted molar refractivity (Wildman–Crippen MR) is 142 cm³/mol. The Morgan fingerprint density at radius 3 is 2.20 bits per heavy atom. The number of nitrogens with zero attached hydrogens (tertiary/aromatic N) is 4. The van der Waals surface area contributed by atoms with E-state index in [-0.39, 0.29) is 56.7 Å². The van der Waals surface area contributed by atoms with Crippen molar-refractivity contribution in [1.29, 1.82) is 0 Å². The zero-order valence-electron chi connectivity index (χ0n) is 21.7. The van der Waals surface area contributed by atoms with Gasteiger partial charge in [0.15, 0.2) is 6.54 Å². The quantitative estimate of drug-likeness (QED) is 0.445. The number of pyridine rings is 1. The smallest absolute Gasteiger partial charge is 0.407 e. The Bertz CT molecular complexity index is 1400. The van der Waals surface area contributed by atoms with Gasteiger partial charge in [0.2, 0.25) is 24.0 Å². The van der Waals surface area contributed by atoms with Crippen LogP contribution in [0.25, 0.3) is 0 Å². The Hall–Kier alpha value is -4.54. The summed E-state index contributed by atoms with van der Waals surface area (Å²) in [5.41, 5.74) is 2.09. The van der Waals surface area contributed by atoms with Crippen molar-refractivity contribution in [2.75, 3.05) is 37.6 Å². The van der Waals surface area contributed by atoms with Gasteiger partial charge in [-0.1, -0.05) is 60.7 Å². The Balaban J connectivity index is 1.36. The van der Waals surface area contributed by atoms with Crippen LogP contribution in [0.3, 0.4) is 0 Å². The molecule has 40 heavy (non-hydrogen) atoms. The van der Waals surface area contributed by atoms with Crippen LogP contribution in [0, 0.1) is 0 Å². The fraction of sp³-hybridized carbons (Fsp3) is 0.310. The van der Waals surface area contributed by atoms with Crippen molar-refractivity contribution in [3.63, 3.8) is 0 Å². The average molecular weight is 552 g/mol. The molecule has 0 saturated carbocycles. The second-order valence-corrected chi connectivity index (χ2v) is 9.59. The number of likely N-dealkylation sites (tertiary alicyclic amines) is 1. The predicted octanol–water partition coefficient (Wildman–Crippen LogP) is 4.06. The number of aromatic nitrogens is 1. The molecule has 0 bridgehead atoms. The van der Waals surface area contributed by atoms with Crippen LogP contribution in [0.4, 0.5) is 19.3 Å². The van der Waals surface area contributed by atoms with Crippen molar-refractivity contribution in [2.45, 2.75) is 25.6 Å². The van der Waals surface area contributed by atoms with E-state index < -0.39 is 18.6 Å². The molecule has 2 amide bonds. The third-order valence-corrected chi connectivity index (χ3v) is 6.86. The SMILES string of the molecule is O=C(O)N1CCC(=[N+]2CCN(c3ccc(OCc4ccccc4)nc3OCc3ccccc3)C(=O)C2)C(F)(F)C1. The van der Waals surface area contributed by atoms with Gasteiger partial charge in [0.1, 0.15) is 18.9 Å². The molecule has 2 fully saturated rings. The number of piperazine rings is 1. The second-order valence-electron chi connectivity index (χ2n) is 9.59. The highest BCUT2D eigenvalue weighted by Crippen LogP contribution is 2.32. The van der Waals surface area contributed by atoms with E-state index in [2.05, 4.69) is 4.98 Å². The van der Waals surface area contributed by atoms with Gasteiger partial charge in [0.05, 0.1) is 19.5 Å². The third kappa shape index (κ3) is 6.19. The Labute approximate surface area is 229 Å². The summed E-state index contributed by atoms with van der Waals surface area (Å²) in [7, 11) is 0. The number of carboxylic acid groups (broad SMARTS) is 1. The van der Waals surface area contributed by atoms with Crippen LogP contribution in [0.5, 0.6) is 11.8 Å². The van der Waals surface area contributed by atoms with Gasteiger partial charge >= 0.3 is 12.0 Å². The van der Waals surface area contributed by atoms with Crippen LogP contribution in [-0.2, 0) is 18.0 Å². The first-order valence-corrected chi connectivity index (χ1v) is 12.9. The minimum Gasteiger partial charge on any atom is -0.473 e. The minimum atomic E-state index is -3.34. The van der Waals surface area contributed by atoms with Gasteiger partial charge in [-0.15, -0.1) is 0 Å². The zero-order chi connectivity index (χ0) is 28.1. The summed E-state index contributed by atoms with van der Waals surface area (Å²) < 4.78 is 42.9. The molecule has 2 aliphatic rings. The first-order valence-electron chi connectivity index (χ1n) is 12.9. The van der Waals surface area contributed by atoms with E-state index in [0.29, 0.717) is 23.1 Å². The number of alkyl halides is 2. The van der Waals surface area contributed by atoms with Gasteiger partial charge < -0.3 is 19.5 Å². The monoisotopic (exact) mass is 551 g/mol. The van der Waals surface area contributed by atoms with Gasteiger partial charge in [-0.05, 0) is 17.2 Å². The largest absolute Gasteiger partial charge is 0.473 e. The normalized spacial score (nSPS) is 18.9. The van der Waals surface area contributed by atoms with E-state index in [9.17, 15) is 18.4 Å². The summed E-state index contributed by atoms with van der Waals surface area (Å²) in [4.78, 5) is 31.1. The Morgan fingerprint density at radius 1 is 0.950 bits per heavy atom. The third-order valence-electron chi connectivity index (χ3n) is 6.86. The number of halogens is 2. The van der Waals surface area contributed by atoms with E-state index in [1.807, 2.05) is 60.7 Å². The molecule has 0 aliphatic carbocycles. The van der Waals surface area contributed by atoms with Crippen LogP contribution in [0.1, 0.15) is 17.5 Å². The van der Waals surface area contributed by atoms with E-state index in [1.165, 1.54) is 9.48 Å². The summed E-state index contributed by atoms with van der Waals surface area (Å²) in [5.74, 6) is -3.21. The first-order chi connectivity index (χ1) is 19.3. The molecule has 5 rings (SSSR count).